The van der Waals surface area contributed by atoms with E-state index in [4.69, 9.17) is 10.5 Å². The van der Waals surface area contributed by atoms with Crippen LogP contribution in [0.4, 0.5) is 0 Å². The van der Waals surface area contributed by atoms with E-state index < -0.39 is 0 Å². The molecular weight excluding hydrogens is 222 g/mol. The summed E-state index contributed by atoms with van der Waals surface area (Å²) in [5.74, 6) is 2.50. The Hall–Kier alpha value is -1.02. The molecule has 2 nitrogen and oxygen atoms in total. The molecule has 0 saturated heterocycles. The van der Waals surface area contributed by atoms with E-state index >= 15 is 0 Å². The first-order valence-corrected chi connectivity index (χ1v) is 7.11. The van der Waals surface area contributed by atoms with Gasteiger partial charge in [-0.1, -0.05) is 32.0 Å². The Bertz CT molecular complexity index is 432. The van der Waals surface area contributed by atoms with Crippen LogP contribution in [0, 0.1) is 11.8 Å². The van der Waals surface area contributed by atoms with Crippen LogP contribution in [0.5, 0.6) is 5.75 Å². The number of benzene rings is 1. The maximum Gasteiger partial charge on any atom is 0.124 e. The highest BCUT2D eigenvalue weighted by molar-refractivity contribution is 5.38. The molecule has 3 atom stereocenters. The molecule has 3 unspecified atom stereocenters. The summed E-state index contributed by atoms with van der Waals surface area (Å²) in [6.07, 6.45) is 4.60. The van der Waals surface area contributed by atoms with Crippen molar-refractivity contribution in [2.45, 2.75) is 51.2 Å². The average molecular weight is 245 g/mol. The van der Waals surface area contributed by atoms with Crippen molar-refractivity contribution in [2.75, 3.05) is 0 Å². The summed E-state index contributed by atoms with van der Waals surface area (Å²) in [7, 11) is 0. The fourth-order valence-electron chi connectivity index (χ4n) is 4.12. The van der Waals surface area contributed by atoms with E-state index in [0.29, 0.717) is 0 Å². The van der Waals surface area contributed by atoms with Gasteiger partial charge in [-0.25, -0.2) is 0 Å². The smallest absolute Gasteiger partial charge is 0.124 e. The molecule has 2 N–H and O–H groups in total. The first-order chi connectivity index (χ1) is 8.58. The van der Waals surface area contributed by atoms with Crippen LogP contribution in [0.1, 0.15) is 51.1 Å². The lowest BCUT2D eigenvalue weighted by Gasteiger charge is -2.47. The van der Waals surface area contributed by atoms with Crippen molar-refractivity contribution in [3.8, 4) is 5.75 Å². The summed E-state index contributed by atoms with van der Waals surface area (Å²) >= 11 is 0. The number of fused-ring (bicyclic) bond motifs is 1. The molecule has 1 aliphatic heterocycles. The third-order valence-electron chi connectivity index (χ3n) is 4.48. The Kier molecular flexibility index (Phi) is 2.86. The minimum Gasteiger partial charge on any atom is -0.487 e. The summed E-state index contributed by atoms with van der Waals surface area (Å²) in [5.41, 5.74) is 7.53. The predicted octanol–water partition coefficient (Wildman–Crippen LogP) is 3.66. The Morgan fingerprint density at radius 1 is 1.11 bits per heavy atom. The molecule has 1 heterocycles. The van der Waals surface area contributed by atoms with Crippen LogP contribution in [0.3, 0.4) is 0 Å². The molecule has 0 radical (unpaired) electrons. The fraction of sp³-hybridized carbons (Fsp3) is 0.625. The molecule has 1 aliphatic carbocycles. The Labute approximate surface area is 110 Å². The summed E-state index contributed by atoms with van der Waals surface area (Å²) < 4.78 is 6.39. The number of hydrogen-bond acceptors (Lipinski definition) is 2. The first-order valence-electron chi connectivity index (χ1n) is 7.11. The van der Waals surface area contributed by atoms with Crippen molar-refractivity contribution < 1.29 is 4.74 Å². The van der Waals surface area contributed by atoms with Gasteiger partial charge >= 0.3 is 0 Å². The maximum absolute atomic E-state index is 6.39. The van der Waals surface area contributed by atoms with Gasteiger partial charge in [0.15, 0.2) is 0 Å². The summed E-state index contributed by atoms with van der Waals surface area (Å²) in [6, 6.07) is 8.39. The van der Waals surface area contributed by atoms with E-state index in [0.717, 1.165) is 36.8 Å². The van der Waals surface area contributed by atoms with Crippen molar-refractivity contribution in [1.29, 1.82) is 0 Å². The van der Waals surface area contributed by atoms with Crippen molar-refractivity contribution in [2.24, 2.45) is 17.6 Å². The highest BCUT2D eigenvalue weighted by Gasteiger charge is 2.44. The Morgan fingerprint density at radius 2 is 1.78 bits per heavy atom. The quantitative estimate of drug-likeness (QED) is 0.757. The molecule has 18 heavy (non-hydrogen) atoms. The molecule has 1 saturated carbocycles. The van der Waals surface area contributed by atoms with Gasteiger partial charge in [0.2, 0.25) is 0 Å². The lowest BCUT2D eigenvalue weighted by Crippen LogP contribution is -2.47. The van der Waals surface area contributed by atoms with Gasteiger partial charge in [-0.3, -0.25) is 0 Å². The third kappa shape index (κ3) is 2.03. The van der Waals surface area contributed by atoms with E-state index in [9.17, 15) is 0 Å². The molecular formula is C16H23NO. The van der Waals surface area contributed by atoms with Crippen LogP contribution in [-0.2, 0) is 0 Å². The van der Waals surface area contributed by atoms with E-state index in [2.05, 4.69) is 26.0 Å². The van der Waals surface area contributed by atoms with Crippen LogP contribution in [0.15, 0.2) is 24.3 Å². The van der Waals surface area contributed by atoms with Crippen LogP contribution in [-0.4, -0.2) is 5.60 Å². The van der Waals surface area contributed by atoms with Gasteiger partial charge in [0.1, 0.15) is 11.4 Å². The van der Waals surface area contributed by atoms with Gasteiger partial charge < -0.3 is 10.5 Å². The van der Waals surface area contributed by atoms with Gasteiger partial charge in [0, 0.05) is 18.0 Å². The van der Waals surface area contributed by atoms with E-state index in [1.54, 1.807) is 0 Å². The predicted molar refractivity (Wildman–Crippen MR) is 73.5 cm³/mol. The second-order valence-electron chi connectivity index (χ2n) is 6.49. The zero-order chi connectivity index (χ0) is 12.8. The summed E-state index contributed by atoms with van der Waals surface area (Å²) in [4.78, 5) is 0. The van der Waals surface area contributed by atoms with E-state index in [-0.39, 0.29) is 11.6 Å². The standard InChI is InChI=1S/C16H23NO/c1-11-7-12(2)9-16(8-11)10-14(17)13-5-3-4-6-15(13)18-16/h3-6,11-12,14H,7-10,17H2,1-2H3. The highest BCUT2D eigenvalue weighted by Crippen LogP contribution is 2.47. The maximum atomic E-state index is 6.39. The number of nitrogens with two attached hydrogens (primary N) is 1. The molecule has 98 valence electrons. The number of ether oxygens (including phenoxy) is 1. The van der Waals surface area contributed by atoms with E-state index in [1.165, 1.54) is 12.0 Å². The minimum absolute atomic E-state index is 0.00907. The van der Waals surface area contributed by atoms with E-state index in [1.807, 2.05) is 12.1 Å². The zero-order valence-electron chi connectivity index (χ0n) is 11.4. The molecule has 0 amide bonds. The van der Waals surface area contributed by atoms with Gasteiger partial charge in [0.05, 0.1) is 0 Å². The third-order valence-corrected chi connectivity index (χ3v) is 4.48. The normalized spacial score (nSPS) is 39.2. The van der Waals surface area contributed by atoms with Gasteiger partial charge in [-0.05, 0) is 37.2 Å². The van der Waals surface area contributed by atoms with Crippen molar-refractivity contribution in [3.05, 3.63) is 29.8 Å². The topological polar surface area (TPSA) is 35.2 Å². The molecule has 3 rings (SSSR count). The van der Waals surface area contributed by atoms with Crippen molar-refractivity contribution >= 4 is 0 Å². The average Bonchev–Trinajstić information content (AvgIpc) is 2.26. The molecule has 2 heteroatoms. The zero-order valence-corrected chi connectivity index (χ0v) is 11.4. The monoisotopic (exact) mass is 245 g/mol. The lowest BCUT2D eigenvalue weighted by molar-refractivity contribution is -0.0311. The second kappa shape index (κ2) is 4.27. The molecule has 1 aromatic carbocycles. The van der Waals surface area contributed by atoms with Crippen LogP contribution in [0.25, 0.3) is 0 Å². The molecule has 1 aromatic rings. The molecule has 1 spiro atoms. The van der Waals surface area contributed by atoms with Crippen LogP contribution >= 0.6 is 0 Å². The molecule has 0 aromatic heterocycles. The Balaban J connectivity index is 1.93. The molecule has 1 fully saturated rings. The first kappa shape index (κ1) is 12.0. The summed E-state index contributed by atoms with van der Waals surface area (Å²) in [5, 5.41) is 0. The highest BCUT2D eigenvalue weighted by atomic mass is 16.5. The SMILES string of the molecule is CC1CC(C)CC2(C1)CC(N)c1ccccc1O2. The van der Waals surface area contributed by atoms with Gasteiger partial charge in [0.25, 0.3) is 0 Å². The summed E-state index contributed by atoms with van der Waals surface area (Å²) in [6.45, 7) is 4.68. The molecule has 0 bridgehead atoms. The molecule has 2 aliphatic rings. The number of hydrogen-bond donors (Lipinski definition) is 1. The Morgan fingerprint density at radius 3 is 2.50 bits per heavy atom. The number of rotatable bonds is 0. The van der Waals surface area contributed by atoms with Crippen molar-refractivity contribution in [3.63, 3.8) is 0 Å². The largest absolute Gasteiger partial charge is 0.487 e. The lowest BCUT2D eigenvalue weighted by atomic mass is 9.69. The van der Waals surface area contributed by atoms with Gasteiger partial charge in [-0.15, -0.1) is 0 Å². The van der Waals surface area contributed by atoms with Crippen LogP contribution in [0.2, 0.25) is 0 Å². The minimum atomic E-state index is -0.00907. The number of para-hydroxylation sites is 1. The second-order valence-corrected chi connectivity index (χ2v) is 6.49. The van der Waals surface area contributed by atoms with Gasteiger partial charge in [-0.2, -0.15) is 0 Å². The fourth-order valence-corrected chi connectivity index (χ4v) is 4.12. The van der Waals surface area contributed by atoms with Crippen LogP contribution < -0.4 is 10.5 Å². The van der Waals surface area contributed by atoms with Crippen molar-refractivity contribution in [1.82, 2.24) is 0 Å².